The van der Waals surface area contributed by atoms with Crippen LogP contribution in [0.5, 0.6) is 5.88 Å². The fraction of sp³-hybridized carbons (Fsp3) is 0.579. The Morgan fingerprint density at radius 1 is 1.25 bits per heavy atom. The van der Waals surface area contributed by atoms with Crippen LogP contribution in [0, 0.1) is 0 Å². The molecule has 3 rings (SSSR count). The van der Waals surface area contributed by atoms with Gasteiger partial charge >= 0.3 is 0 Å². The van der Waals surface area contributed by atoms with Crippen molar-refractivity contribution >= 4 is 17.2 Å². The first kappa shape index (κ1) is 20.6. The minimum absolute atomic E-state index is 0.147. The van der Waals surface area contributed by atoms with E-state index in [9.17, 15) is 4.79 Å². The maximum Gasteiger partial charge on any atom is 0.280 e. The number of aromatic nitrogens is 3. The molecule has 1 N–H and O–H groups in total. The topological polar surface area (TPSA) is 83.5 Å². The lowest BCUT2D eigenvalue weighted by molar-refractivity contribution is 0.0920. The number of piperazine rings is 1. The quantitative estimate of drug-likeness (QED) is 0.718. The molecule has 2 aromatic rings. The second kappa shape index (κ2) is 9.90. The standard InChI is InChI=1S/C19H28N6O2S/c1-4-27-17-13-20-11-15(23-17)16-12-22-19(28-16)18(26)21-5-6-24-7-9-25(10-8-24)14(2)3/h11-14H,4-10H2,1-3H3,(H,21,26). The smallest absolute Gasteiger partial charge is 0.280 e. The first-order valence-corrected chi connectivity index (χ1v) is 10.5. The Morgan fingerprint density at radius 3 is 2.75 bits per heavy atom. The van der Waals surface area contributed by atoms with Gasteiger partial charge in [-0.15, -0.1) is 11.3 Å². The number of amides is 1. The van der Waals surface area contributed by atoms with E-state index in [1.165, 1.54) is 11.3 Å². The predicted octanol–water partition coefficient (Wildman–Crippen LogP) is 1.75. The van der Waals surface area contributed by atoms with Crippen molar-refractivity contribution in [3.8, 4) is 16.5 Å². The summed E-state index contributed by atoms with van der Waals surface area (Å²) in [6, 6.07) is 0.597. The highest BCUT2D eigenvalue weighted by Crippen LogP contribution is 2.25. The van der Waals surface area contributed by atoms with Crippen LogP contribution in [0.15, 0.2) is 18.6 Å². The molecule has 8 nitrogen and oxygen atoms in total. The average Bonchev–Trinajstić information content (AvgIpc) is 3.19. The van der Waals surface area contributed by atoms with Gasteiger partial charge in [0.1, 0.15) is 5.69 Å². The Bertz CT molecular complexity index is 773. The number of nitrogens with zero attached hydrogens (tertiary/aromatic N) is 5. The minimum Gasteiger partial charge on any atom is -0.477 e. The molecule has 28 heavy (non-hydrogen) atoms. The highest BCUT2D eigenvalue weighted by molar-refractivity contribution is 7.16. The zero-order valence-corrected chi connectivity index (χ0v) is 17.5. The molecule has 0 spiro atoms. The van der Waals surface area contributed by atoms with Crippen LogP contribution >= 0.6 is 11.3 Å². The highest BCUT2D eigenvalue weighted by atomic mass is 32.1. The van der Waals surface area contributed by atoms with Gasteiger partial charge in [-0.2, -0.15) is 0 Å². The lowest BCUT2D eigenvalue weighted by atomic mass is 10.2. The van der Waals surface area contributed by atoms with Gasteiger partial charge in [-0.1, -0.05) is 0 Å². The van der Waals surface area contributed by atoms with Gasteiger partial charge in [-0.05, 0) is 20.8 Å². The Balaban J connectivity index is 1.48. The molecule has 9 heteroatoms. The summed E-state index contributed by atoms with van der Waals surface area (Å²) in [7, 11) is 0. The van der Waals surface area contributed by atoms with Gasteiger partial charge in [0.15, 0.2) is 5.01 Å². The second-order valence-corrected chi connectivity index (χ2v) is 7.96. The molecule has 3 heterocycles. The van der Waals surface area contributed by atoms with Gasteiger partial charge in [0.2, 0.25) is 5.88 Å². The van der Waals surface area contributed by atoms with E-state index in [4.69, 9.17) is 4.74 Å². The lowest BCUT2D eigenvalue weighted by Gasteiger charge is -2.36. The number of carbonyl (C=O) groups is 1. The van der Waals surface area contributed by atoms with Crippen molar-refractivity contribution in [1.82, 2.24) is 30.1 Å². The lowest BCUT2D eigenvalue weighted by Crippen LogP contribution is -2.50. The first-order valence-electron chi connectivity index (χ1n) is 9.72. The predicted molar refractivity (Wildman–Crippen MR) is 110 cm³/mol. The maximum absolute atomic E-state index is 12.4. The van der Waals surface area contributed by atoms with Crippen molar-refractivity contribution in [3.63, 3.8) is 0 Å². The number of nitrogens with one attached hydrogen (secondary N) is 1. The minimum atomic E-state index is -0.147. The summed E-state index contributed by atoms with van der Waals surface area (Å²) >= 11 is 1.31. The van der Waals surface area contributed by atoms with Crippen molar-refractivity contribution in [2.24, 2.45) is 0 Å². The Morgan fingerprint density at radius 2 is 2.04 bits per heavy atom. The van der Waals surface area contributed by atoms with Crippen LogP contribution in [0.3, 0.4) is 0 Å². The van der Waals surface area contributed by atoms with Crippen molar-refractivity contribution in [1.29, 1.82) is 0 Å². The molecule has 152 valence electrons. The molecule has 2 aromatic heterocycles. The monoisotopic (exact) mass is 404 g/mol. The Kier molecular flexibility index (Phi) is 7.30. The van der Waals surface area contributed by atoms with Crippen LogP contribution in [0.2, 0.25) is 0 Å². The maximum atomic E-state index is 12.4. The summed E-state index contributed by atoms with van der Waals surface area (Å²) in [6.45, 7) is 12.6. The number of carbonyl (C=O) groups excluding carboxylic acids is 1. The number of ether oxygens (including phenoxy) is 1. The van der Waals surface area contributed by atoms with E-state index in [0.717, 1.165) is 37.6 Å². The summed E-state index contributed by atoms with van der Waals surface area (Å²) in [6.07, 6.45) is 4.88. The second-order valence-electron chi connectivity index (χ2n) is 6.93. The molecule has 1 aliphatic heterocycles. The SMILES string of the molecule is CCOc1cncc(-c2cnc(C(=O)NCCN3CCN(C(C)C)CC3)s2)n1. The molecule has 0 radical (unpaired) electrons. The summed E-state index contributed by atoms with van der Waals surface area (Å²) in [5.74, 6) is 0.322. The molecule has 0 bridgehead atoms. The van der Waals surface area contributed by atoms with E-state index in [1.807, 2.05) is 6.92 Å². The zero-order valence-electron chi connectivity index (χ0n) is 16.7. The van der Waals surface area contributed by atoms with Crippen LogP contribution in [0.25, 0.3) is 10.6 Å². The average molecular weight is 405 g/mol. The number of rotatable bonds is 8. The van der Waals surface area contributed by atoms with Gasteiger partial charge in [-0.3, -0.25) is 19.6 Å². The highest BCUT2D eigenvalue weighted by Gasteiger charge is 2.19. The number of hydrogen-bond acceptors (Lipinski definition) is 8. The third-order valence-electron chi connectivity index (χ3n) is 4.71. The molecule has 1 fully saturated rings. The summed E-state index contributed by atoms with van der Waals surface area (Å²) in [4.78, 5) is 30.8. The summed E-state index contributed by atoms with van der Waals surface area (Å²) < 4.78 is 5.38. The molecule has 0 unspecified atom stereocenters. The third-order valence-corrected chi connectivity index (χ3v) is 5.73. The molecule has 1 aliphatic rings. The van der Waals surface area contributed by atoms with E-state index in [2.05, 4.69) is 43.9 Å². The molecule has 0 aliphatic carbocycles. The Labute approximate surface area is 170 Å². The number of thiazole rings is 1. The molecule has 1 amide bonds. The van der Waals surface area contributed by atoms with E-state index in [1.54, 1.807) is 18.6 Å². The van der Waals surface area contributed by atoms with Crippen LogP contribution in [0.1, 0.15) is 30.6 Å². The normalized spacial score (nSPS) is 15.7. The molecular weight excluding hydrogens is 376 g/mol. The number of hydrogen-bond donors (Lipinski definition) is 1. The summed E-state index contributed by atoms with van der Waals surface area (Å²) in [5, 5.41) is 3.40. The van der Waals surface area contributed by atoms with Crippen LogP contribution in [-0.2, 0) is 0 Å². The fourth-order valence-electron chi connectivity index (χ4n) is 3.09. The molecule has 1 saturated heterocycles. The van der Waals surface area contributed by atoms with Crippen molar-refractivity contribution < 1.29 is 9.53 Å². The Hall–Kier alpha value is -2.10. The third kappa shape index (κ3) is 5.46. The summed E-state index contributed by atoms with van der Waals surface area (Å²) in [5.41, 5.74) is 0.658. The first-order chi connectivity index (χ1) is 13.6. The molecule has 0 atom stereocenters. The van der Waals surface area contributed by atoms with E-state index in [0.29, 0.717) is 35.8 Å². The van der Waals surface area contributed by atoms with E-state index in [-0.39, 0.29) is 5.91 Å². The zero-order chi connectivity index (χ0) is 19.9. The van der Waals surface area contributed by atoms with E-state index < -0.39 is 0 Å². The van der Waals surface area contributed by atoms with Gasteiger partial charge in [0.05, 0.1) is 23.9 Å². The van der Waals surface area contributed by atoms with Crippen LogP contribution in [-0.4, -0.2) is 82.6 Å². The molecule has 0 saturated carbocycles. The van der Waals surface area contributed by atoms with Crippen molar-refractivity contribution in [2.45, 2.75) is 26.8 Å². The van der Waals surface area contributed by atoms with Crippen LogP contribution in [0.4, 0.5) is 0 Å². The van der Waals surface area contributed by atoms with Gasteiger partial charge < -0.3 is 10.1 Å². The van der Waals surface area contributed by atoms with Crippen molar-refractivity contribution in [2.75, 3.05) is 45.9 Å². The van der Waals surface area contributed by atoms with Crippen LogP contribution < -0.4 is 10.1 Å². The van der Waals surface area contributed by atoms with E-state index >= 15 is 0 Å². The largest absolute Gasteiger partial charge is 0.477 e. The molecule has 0 aromatic carbocycles. The van der Waals surface area contributed by atoms with Gasteiger partial charge in [0.25, 0.3) is 5.91 Å². The van der Waals surface area contributed by atoms with Gasteiger partial charge in [-0.25, -0.2) is 9.97 Å². The van der Waals surface area contributed by atoms with Gasteiger partial charge in [0, 0.05) is 51.5 Å². The fourth-order valence-corrected chi connectivity index (χ4v) is 3.88. The molecular formula is C19H28N6O2S. The van der Waals surface area contributed by atoms with Crippen molar-refractivity contribution in [3.05, 3.63) is 23.6 Å².